The Labute approximate surface area is 188 Å². The molecule has 0 bridgehead atoms. The third kappa shape index (κ3) is 6.34. The van der Waals surface area contributed by atoms with E-state index in [1.54, 1.807) is 7.05 Å². The molecule has 2 amide bonds. The lowest BCUT2D eigenvalue weighted by atomic mass is 9.94. The maximum atomic E-state index is 10.8. The molecule has 1 aliphatic heterocycles. The Kier molecular flexibility index (Phi) is 9.28. The first-order valence-electron chi connectivity index (χ1n) is 10.6. The van der Waals surface area contributed by atoms with Gasteiger partial charge in [0.2, 0.25) is 11.8 Å². The Bertz CT molecular complexity index is 911. The first-order chi connectivity index (χ1) is 15.3. The summed E-state index contributed by atoms with van der Waals surface area (Å²) in [6.07, 6.45) is 2.34. The first-order valence-corrected chi connectivity index (χ1v) is 10.6. The lowest BCUT2D eigenvalue weighted by Crippen LogP contribution is -2.38. The van der Waals surface area contributed by atoms with Crippen LogP contribution in [0.3, 0.4) is 0 Å². The van der Waals surface area contributed by atoms with Gasteiger partial charge in [-0.3, -0.25) is 19.7 Å². The molecule has 1 aliphatic carbocycles. The number of carbonyl (C=O) groups is 4. The second-order valence-electron chi connectivity index (χ2n) is 7.95. The van der Waals surface area contributed by atoms with Crippen LogP contribution in [-0.2, 0) is 19.2 Å². The van der Waals surface area contributed by atoms with Crippen molar-refractivity contribution in [1.29, 1.82) is 0 Å². The van der Waals surface area contributed by atoms with Crippen LogP contribution >= 0.6 is 0 Å². The van der Waals surface area contributed by atoms with Gasteiger partial charge >= 0.3 is 5.97 Å². The zero-order chi connectivity index (χ0) is 23.7. The average Bonchev–Trinajstić information content (AvgIpc) is 3.29. The number of amides is 2. The van der Waals surface area contributed by atoms with Gasteiger partial charge in [0.15, 0.2) is 0 Å². The highest BCUT2D eigenvalue weighted by Crippen LogP contribution is 2.45. The van der Waals surface area contributed by atoms with E-state index in [0.717, 1.165) is 6.29 Å². The van der Waals surface area contributed by atoms with Gasteiger partial charge in [0.25, 0.3) is 0 Å². The molecular weight excluding hydrogens is 408 g/mol. The van der Waals surface area contributed by atoms with E-state index in [1.165, 1.54) is 22.3 Å². The summed E-state index contributed by atoms with van der Waals surface area (Å²) in [5, 5.41) is 13.3. The number of aldehydes is 1. The Morgan fingerprint density at radius 1 is 1.03 bits per heavy atom. The van der Waals surface area contributed by atoms with Crippen molar-refractivity contribution in [2.75, 3.05) is 7.05 Å². The molecule has 3 N–H and O–H groups in total. The van der Waals surface area contributed by atoms with Gasteiger partial charge in [0.05, 0.1) is 0 Å². The fourth-order valence-corrected chi connectivity index (χ4v) is 3.86. The second kappa shape index (κ2) is 11.9. The van der Waals surface area contributed by atoms with E-state index in [9.17, 15) is 19.2 Å². The number of aliphatic carboxylic acids is 1. The molecule has 32 heavy (non-hydrogen) atoms. The molecule has 7 nitrogen and oxygen atoms in total. The van der Waals surface area contributed by atoms with Crippen molar-refractivity contribution in [3.8, 4) is 11.1 Å². The molecule has 7 heteroatoms. The van der Waals surface area contributed by atoms with Crippen LogP contribution in [0.1, 0.15) is 50.2 Å². The molecule has 2 aromatic carbocycles. The molecule has 1 heterocycles. The topological polar surface area (TPSA) is 113 Å². The molecule has 0 saturated carbocycles. The fraction of sp³-hybridized carbons (Fsp3) is 0.360. The van der Waals surface area contributed by atoms with Crippen LogP contribution in [0.25, 0.3) is 11.1 Å². The van der Waals surface area contributed by atoms with E-state index in [1.807, 2.05) is 26.0 Å². The zero-order valence-electron chi connectivity index (χ0n) is 18.6. The molecular formula is C25H30N2O5. The van der Waals surface area contributed by atoms with E-state index in [0.29, 0.717) is 19.3 Å². The smallest absolute Gasteiger partial charge is 0.320 e. The van der Waals surface area contributed by atoms with Crippen LogP contribution in [0.15, 0.2) is 48.5 Å². The van der Waals surface area contributed by atoms with Crippen molar-refractivity contribution in [2.45, 2.75) is 45.1 Å². The van der Waals surface area contributed by atoms with Gasteiger partial charge in [0, 0.05) is 25.2 Å². The maximum absolute atomic E-state index is 10.8. The maximum Gasteiger partial charge on any atom is 0.320 e. The molecule has 0 aromatic heterocycles. The van der Waals surface area contributed by atoms with E-state index in [2.05, 4.69) is 47.0 Å². The number of imide groups is 1. The van der Waals surface area contributed by atoms with Crippen molar-refractivity contribution in [2.24, 2.45) is 5.92 Å². The highest BCUT2D eigenvalue weighted by atomic mass is 16.4. The van der Waals surface area contributed by atoms with Crippen molar-refractivity contribution < 1.29 is 24.3 Å². The Balaban J connectivity index is 0.000000193. The summed E-state index contributed by atoms with van der Waals surface area (Å²) in [6.45, 7) is 3.74. The Hall–Kier alpha value is -3.32. The molecule has 0 spiro atoms. The van der Waals surface area contributed by atoms with E-state index >= 15 is 0 Å². The van der Waals surface area contributed by atoms with Crippen LogP contribution in [0.5, 0.6) is 0 Å². The van der Waals surface area contributed by atoms with E-state index in [4.69, 9.17) is 5.11 Å². The first kappa shape index (κ1) is 24.9. The van der Waals surface area contributed by atoms with Crippen LogP contribution in [-0.4, -0.2) is 42.3 Å². The lowest BCUT2D eigenvalue weighted by molar-refractivity contribution is -0.140. The number of nitrogens with one attached hydrogen (secondary N) is 2. The van der Waals surface area contributed by atoms with Crippen LogP contribution in [0.2, 0.25) is 0 Å². The molecule has 170 valence electrons. The summed E-state index contributed by atoms with van der Waals surface area (Å²) >= 11 is 0. The van der Waals surface area contributed by atoms with E-state index in [-0.39, 0.29) is 23.7 Å². The fourth-order valence-electron chi connectivity index (χ4n) is 3.86. The third-order valence-corrected chi connectivity index (χ3v) is 5.40. The normalized spacial score (nSPS) is 14.9. The number of carboxylic acid groups (broad SMARTS) is 1. The molecule has 1 fully saturated rings. The summed E-state index contributed by atoms with van der Waals surface area (Å²) in [5.41, 5.74) is 5.14. The van der Waals surface area contributed by atoms with Gasteiger partial charge in [-0.05, 0) is 35.2 Å². The van der Waals surface area contributed by atoms with Gasteiger partial charge in [0.1, 0.15) is 12.3 Å². The zero-order valence-corrected chi connectivity index (χ0v) is 18.6. The highest BCUT2D eigenvalue weighted by molar-refractivity contribution is 6.01. The number of hydrogen-bond donors (Lipinski definition) is 3. The van der Waals surface area contributed by atoms with Crippen LogP contribution in [0, 0.1) is 5.92 Å². The number of fused-ring (bicyclic) bond motifs is 3. The standard InChI is InChI=1S/C15H12O.C6H13NO2.C4H5NO2/c16-10-9-15-13-7-3-1-5-11(13)12-6-2-4-8-14(12)15;1-4(2)5(7-3)6(8)9;6-3-1-2-4(7)5-3/h1-8,10,15H,9H2;4-5,7H,1-3H3,(H,8,9);1-2H2,(H,5,6,7). The molecule has 2 aromatic rings. The average molecular weight is 439 g/mol. The minimum absolute atomic E-state index is 0.146. The summed E-state index contributed by atoms with van der Waals surface area (Å²) in [6, 6.07) is 16.3. The quantitative estimate of drug-likeness (QED) is 0.488. The number of carbonyl (C=O) groups excluding carboxylic acids is 3. The SMILES string of the molecule is CNC(C(=O)O)C(C)C.O=C1CCC(=O)N1.O=CCC1c2ccccc2-c2ccccc21. The van der Waals surface area contributed by atoms with Crippen LogP contribution < -0.4 is 10.6 Å². The minimum atomic E-state index is -0.785. The lowest BCUT2D eigenvalue weighted by Gasteiger charge is -2.13. The molecule has 1 unspecified atom stereocenters. The number of likely N-dealkylation sites (N-methyl/N-ethyl adjacent to an activating group) is 1. The molecule has 0 radical (unpaired) electrons. The van der Waals surface area contributed by atoms with Gasteiger partial charge in [-0.15, -0.1) is 0 Å². The third-order valence-electron chi connectivity index (χ3n) is 5.40. The summed E-state index contributed by atoms with van der Waals surface area (Å²) in [5.74, 6) is -0.681. The molecule has 1 saturated heterocycles. The van der Waals surface area contributed by atoms with Gasteiger partial charge in [-0.25, -0.2) is 0 Å². The summed E-state index contributed by atoms with van der Waals surface area (Å²) in [4.78, 5) is 41.3. The van der Waals surface area contributed by atoms with Crippen molar-refractivity contribution in [3.05, 3.63) is 59.7 Å². The highest BCUT2D eigenvalue weighted by Gasteiger charge is 2.27. The number of benzene rings is 2. The molecule has 1 atom stereocenters. The number of hydrogen-bond acceptors (Lipinski definition) is 5. The molecule has 4 rings (SSSR count). The van der Waals surface area contributed by atoms with Gasteiger partial charge in [-0.2, -0.15) is 0 Å². The number of carboxylic acids is 1. The second-order valence-corrected chi connectivity index (χ2v) is 7.95. The van der Waals surface area contributed by atoms with Gasteiger partial charge < -0.3 is 15.2 Å². The Morgan fingerprint density at radius 3 is 1.78 bits per heavy atom. The largest absolute Gasteiger partial charge is 0.480 e. The predicted octanol–water partition coefficient (Wildman–Crippen LogP) is 3.13. The monoisotopic (exact) mass is 438 g/mol. The van der Waals surface area contributed by atoms with Gasteiger partial charge in [-0.1, -0.05) is 62.4 Å². The van der Waals surface area contributed by atoms with Crippen molar-refractivity contribution in [1.82, 2.24) is 10.6 Å². The Morgan fingerprint density at radius 2 is 1.50 bits per heavy atom. The molecule has 2 aliphatic rings. The number of rotatable bonds is 5. The predicted molar refractivity (Wildman–Crippen MR) is 122 cm³/mol. The van der Waals surface area contributed by atoms with E-state index < -0.39 is 12.0 Å². The summed E-state index contributed by atoms with van der Waals surface area (Å²) < 4.78 is 0. The van der Waals surface area contributed by atoms with Crippen molar-refractivity contribution >= 4 is 24.1 Å². The van der Waals surface area contributed by atoms with Crippen LogP contribution in [0.4, 0.5) is 0 Å². The summed E-state index contributed by atoms with van der Waals surface area (Å²) in [7, 11) is 1.65. The van der Waals surface area contributed by atoms with Crippen molar-refractivity contribution in [3.63, 3.8) is 0 Å². The minimum Gasteiger partial charge on any atom is -0.480 e.